The van der Waals surface area contributed by atoms with Gasteiger partial charge in [0.05, 0.1) is 0 Å². The van der Waals surface area contributed by atoms with E-state index in [1.807, 2.05) is 12.4 Å². The van der Waals surface area contributed by atoms with Crippen LogP contribution in [0.25, 0.3) is 0 Å². The lowest BCUT2D eigenvalue weighted by Crippen LogP contribution is -2.20. The monoisotopic (exact) mass is 336 g/mol. The molecular formula is C22H28N2O. The molecule has 0 amide bonds. The Labute approximate surface area is 150 Å². The molecule has 1 aliphatic rings. The van der Waals surface area contributed by atoms with E-state index in [1.54, 1.807) is 6.92 Å². The maximum absolute atomic E-state index is 11.5. The van der Waals surface area contributed by atoms with Crippen LogP contribution < -0.4 is 0 Å². The Hall–Kier alpha value is -2.03. The molecular weight excluding hydrogens is 308 g/mol. The van der Waals surface area contributed by atoms with Crippen molar-refractivity contribution in [2.45, 2.75) is 65.2 Å². The van der Waals surface area contributed by atoms with E-state index in [2.05, 4.69) is 42.0 Å². The first kappa shape index (κ1) is 17.8. The van der Waals surface area contributed by atoms with Gasteiger partial charge in [0.15, 0.2) is 0 Å². The van der Waals surface area contributed by atoms with Crippen LogP contribution in [0.3, 0.4) is 0 Å². The van der Waals surface area contributed by atoms with Crippen molar-refractivity contribution in [3.8, 4) is 0 Å². The molecule has 132 valence electrons. The molecule has 3 nitrogen and oxygen atoms in total. The van der Waals surface area contributed by atoms with Gasteiger partial charge in [-0.25, -0.2) is 9.97 Å². The summed E-state index contributed by atoms with van der Waals surface area (Å²) in [5, 5.41) is 0. The fourth-order valence-electron chi connectivity index (χ4n) is 3.98. The molecule has 0 aliphatic heterocycles. The third-order valence-electron chi connectivity index (χ3n) is 5.70. The molecule has 0 radical (unpaired) electrons. The van der Waals surface area contributed by atoms with Crippen LogP contribution in [0.15, 0.2) is 30.6 Å². The number of benzene rings is 1. The standard InChI is InChI=1S/C22H28N2O/c1-15-5-4-6-16(2)21(15)12-7-18-13-23-22(24-14-18)20-10-8-19(9-11-20)17(3)25/h4-6,13-14,19-20H,7-12H2,1-3H3. The van der Waals surface area contributed by atoms with Crippen molar-refractivity contribution < 1.29 is 4.79 Å². The van der Waals surface area contributed by atoms with Gasteiger partial charge in [-0.15, -0.1) is 0 Å². The molecule has 0 saturated heterocycles. The molecule has 1 heterocycles. The van der Waals surface area contributed by atoms with Crippen LogP contribution >= 0.6 is 0 Å². The second-order valence-electron chi connectivity index (χ2n) is 7.48. The highest BCUT2D eigenvalue weighted by Crippen LogP contribution is 2.34. The third-order valence-corrected chi connectivity index (χ3v) is 5.70. The predicted molar refractivity (Wildman–Crippen MR) is 101 cm³/mol. The molecule has 1 fully saturated rings. The van der Waals surface area contributed by atoms with Crippen LogP contribution in [0.4, 0.5) is 0 Å². The van der Waals surface area contributed by atoms with Gasteiger partial charge < -0.3 is 0 Å². The van der Waals surface area contributed by atoms with E-state index in [0.717, 1.165) is 44.3 Å². The molecule has 0 atom stereocenters. The Morgan fingerprint density at radius 2 is 1.60 bits per heavy atom. The van der Waals surface area contributed by atoms with Crippen molar-refractivity contribution in [2.24, 2.45) is 5.92 Å². The number of hydrogen-bond acceptors (Lipinski definition) is 3. The molecule has 0 N–H and O–H groups in total. The summed E-state index contributed by atoms with van der Waals surface area (Å²) in [5.74, 6) is 1.97. The summed E-state index contributed by atoms with van der Waals surface area (Å²) < 4.78 is 0. The lowest BCUT2D eigenvalue weighted by molar-refractivity contribution is -0.121. The van der Waals surface area contributed by atoms with Crippen molar-refractivity contribution in [2.75, 3.05) is 0 Å². The Bertz CT molecular complexity index is 708. The Balaban J connectivity index is 1.59. The zero-order valence-electron chi connectivity index (χ0n) is 15.6. The highest BCUT2D eigenvalue weighted by molar-refractivity contribution is 5.78. The Kier molecular flexibility index (Phi) is 5.62. The maximum atomic E-state index is 11.5. The van der Waals surface area contributed by atoms with E-state index >= 15 is 0 Å². The zero-order valence-corrected chi connectivity index (χ0v) is 15.6. The number of Topliss-reactive ketones (excluding diaryl/α,β-unsaturated/α-hetero) is 1. The summed E-state index contributed by atoms with van der Waals surface area (Å²) in [4.78, 5) is 20.8. The summed E-state index contributed by atoms with van der Waals surface area (Å²) in [6, 6.07) is 6.48. The molecule has 3 heteroatoms. The first-order chi connectivity index (χ1) is 12.0. The zero-order chi connectivity index (χ0) is 17.8. The van der Waals surface area contributed by atoms with Crippen molar-refractivity contribution >= 4 is 5.78 Å². The summed E-state index contributed by atoms with van der Waals surface area (Å²) in [6.07, 6.45) is 10.0. The summed E-state index contributed by atoms with van der Waals surface area (Å²) in [6.45, 7) is 6.07. The van der Waals surface area contributed by atoms with E-state index in [-0.39, 0.29) is 5.92 Å². The number of hydrogen-bond donors (Lipinski definition) is 0. The second-order valence-corrected chi connectivity index (χ2v) is 7.48. The summed E-state index contributed by atoms with van der Waals surface area (Å²) in [7, 11) is 0. The molecule has 3 rings (SSSR count). The Morgan fingerprint density at radius 1 is 1.00 bits per heavy atom. The minimum Gasteiger partial charge on any atom is -0.300 e. The molecule has 25 heavy (non-hydrogen) atoms. The fraction of sp³-hybridized carbons (Fsp3) is 0.500. The van der Waals surface area contributed by atoms with E-state index in [4.69, 9.17) is 0 Å². The van der Waals surface area contributed by atoms with Gasteiger partial charge in [-0.1, -0.05) is 18.2 Å². The van der Waals surface area contributed by atoms with Crippen LogP contribution in [0.1, 0.15) is 66.6 Å². The number of aromatic nitrogens is 2. The lowest BCUT2D eigenvalue weighted by Gasteiger charge is -2.25. The van der Waals surface area contributed by atoms with Crippen LogP contribution in [0.5, 0.6) is 0 Å². The number of rotatable bonds is 5. The van der Waals surface area contributed by atoms with Gasteiger partial charge >= 0.3 is 0 Å². The van der Waals surface area contributed by atoms with Gasteiger partial charge in [0.25, 0.3) is 0 Å². The van der Waals surface area contributed by atoms with E-state index < -0.39 is 0 Å². The molecule has 1 aromatic heterocycles. The average Bonchev–Trinajstić information content (AvgIpc) is 2.62. The molecule has 0 unspecified atom stereocenters. The van der Waals surface area contributed by atoms with Crippen LogP contribution in [0.2, 0.25) is 0 Å². The van der Waals surface area contributed by atoms with Gasteiger partial charge in [0.2, 0.25) is 0 Å². The van der Waals surface area contributed by atoms with Crippen LogP contribution in [0, 0.1) is 19.8 Å². The van der Waals surface area contributed by atoms with Crippen LogP contribution in [-0.4, -0.2) is 15.8 Å². The van der Waals surface area contributed by atoms with Crippen molar-refractivity contribution in [3.05, 3.63) is 58.7 Å². The fourth-order valence-corrected chi connectivity index (χ4v) is 3.98. The minimum atomic E-state index is 0.257. The SMILES string of the molecule is CC(=O)C1CCC(c2ncc(CCc3c(C)cccc3C)cn2)CC1. The topological polar surface area (TPSA) is 42.9 Å². The first-order valence-electron chi connectivity index (χ1n) is 9.41. The molecule has 1 aromatic carbocycles. The molecule has 0 spiro atoms. The van der Waals surface area contributed by atoms with Gasteiger partial charge in [-0.05, 0) is 81.5 Å². The molecule has 1 saturated carbocycles. The van der Waals surface area contributed by atoms with Gasteiger partial charge in [0, 0.05) is 24.2 Å². The Morgan fingerprint density at radius 3 is 2.16 bits per heavy atom. The van der Waals surface area contributed by atoms with Crippen molar-refractivity contribution in [1.29, 1.82) is 0 Å². The van der Waals surface area contributed by atoms with Crippen molar-refractivity contribution in [1.82, 2.24) is 9.97 Å². The van der Waals surface area contributed by atoms with Gasteiger partial charge in [0.1, 0.15) is 11.6 Å². The van der Waals surface area contributed by atoms with Crippen LogP contribution in [-0.2, 0) is 17.6 Å². The summed E-state index contributed by atoms with van der Waals surface area (Å²) in [5.41, 5.74) is 5.36. The van der Waals surface area contributed by atoms with E-state index in [9.17, 15) is 4.79 Å². The quantitative estimate of drug-likeness (QED) is 0.792. The predicted octanol–water partition coefficient (Wildman–Crippen LogP) is 4.74. The number of nitrogens with zero attached hydrogens (tertiary/aromatic N) is 2. The second kappa shape index (κ2) is 7.90. The highest BCUT2D eigenvalue weighted by atomic mass is 16.1. The third kappa shape index (κ3) is 4.33. The molecule has 0 bridgehead atoms. The number of ketones is 1. The number of aryl methyl sites for hydroxylation is 3. The van der Waals surface area contributed by atoms with Gasteiger partial charge in [-0.2, -0.15) is 0 Å². The molecule has 2 aromatic rings. The van der Waals surface area contributed by atoms with Gasteiger partial charge in [-0.3, -0.25) is 4.79 Å². The lowest BCUT2D eigenvalue weighted by atomic mass is 9.80. The smallest absolute Gasteiger partial charge is 0.132 e. The minimum absolute atomic E-state index is 0.257. The summed E-state index contributed by atoms with van der Waals surface area (Å²) >= 11 is 0. The maximum Gasteiger partial charge on any atom is 0.132 e. The van der Waals surface area contributed by atoms with E-state index in [1.165, 1.54) is 22.3 Å². The normalized spacial score (nSPS) is 20.4. The van der Waals surface area contributed by atoms with Crippen molar-refractivity contribution in [3.63, 3.8) is 0 Å². The first-order valence-corrected chi connectivity index (χ1v) is 9.41. The number of carbonyl (C=O) groups is 1. The van der Waals surface area contributed by atoms with E-state index in [0.29, 0.717) is 11.7 Å². The largest absolute Gasteiger partial charge is 0.300 e. The highest BCUT2D eigenvalue weighted by Gasteiger charge is 2.26. The molecule has 1 aliphatic carbocycles. The average molecular weight is 336 g/mol. The number of carbonyl (C=O) groups excluding carboxylic acids is 1.